The van der Waals surface area contributed by atoms with Gasteiger partial charge in [-0.1, -0.05) is 12.2 Å². The Balaban J connectivity index is 4.34. The molecule has 7 heteroatoms. The maximum atomic E-state index is 11.1. The van der Waals surface area contributed by atoms with E-state index in [1.807, 2.05) is 0 Å². The van der Waals surface area contributed by atoms with E-state index in [1.165, 1.54) is 14.0 Å². The molecule has 0 unspecified atom stereocenters. The molecule has 0 amide bonds. The van der Waals surface area contributed by atoms with Crippen LogP contribution in [0.15, 0.2) is 0 Å². The van der Waals surface area contributed by atoms with Crippen LogP contribution in [0, 0.1) is 16.9 Å². The first-order chi connectivity index (χ1) is 7.42. The molecule has 0 fully saturated rings. The van der Waals surface area contributed by atoms with Gasteiger partial charge in [-0.25, -0.2) is 4.90 Å². The summed E-state index contributed by atoms with van der Waals surface area (Å²) < 4.78 is 0. The fourth-order valence-electron chi connectivity index (χ4n) is 0.835. The Hall–Kier alpha value is -1.81. The molecule has 0 saturated heterocycles. The normalized spacial score (nSPS) is 8.81. The van der Waals surface area contributed by atoms with Gasteiger partial charge in [0, 0.05) is 25.3 Å². The zero-order valence-corrected chi connectivity index (χ0v) is 9.85. The summed E-state index contributed by atoms with van der Waals surface area (Å²) in [6, 6.07) is 0. The van der Waals surface area contributed by atoms with Crippen molar-refractivity contribution in [3.63, 3.8) is 0 Å². The first kappa shape index (κ1) is 14.2. The van der Waals surface area contributed by atoms with Crippen LogP contribution in [0.5, 0.6) is 0 Å². The van der Waals surface area contributed by atoms with Crippen LogP contribution < -0.4 is 5.32 Å². The molecular weight excluding hydrogens is 228 g/mol. The lowest BCUT2D eigenvalue weighted by Gasteiger charge is -2.15. The molecule has 6 nitrogen and oxygen atoms in total. The molecule has 0 aromatic heterocycles. The molecule has 0 rings (SSSR count). The van der Waals surface area contributed by atoms with E-state index in [0.29, 0.717) is 0 Å². The minimum Gasteiger partial charge on any atom is -0.359 e. The molecule has 0 bridgehead atoms. The molecule has 16 heavy (non-hydrogen) atoms. The first-order valence-corrected chi connectivity index (χ1v) is 4.82. The maximum absolute atomic E-state index is 11.1. The van der Waals surface area contributed by atoms with E-state index < -0.39 is 11.6 Å². The van der Waals surface area contributed by atoms with Crippen LogP contribution in [0.2, 0.25) is 0 Å². The van der Waals surface area contributed by atoms with E-state index in [9.17, 15) is 9.59 Å². The fourth-order valence-corrected chi connectivity index (χ4v) is 1.10. The summed E-state index contributed by atoms with van der Waals surface area (Å²) in [5, 5.41) is 18.5. The van der Waals surface area contributed by atoms with Crippen LogP contribution in [0.25, 0.3) is 0 Å². The Labute approximate surface area is 98.7 Å². The van der Waals surface area contributed by atoms with Crippen molar-refractivity contribution >= 4 is 34.6 Å². The molecule has 86 valence electrons. The van der Waals surface area contributed by atoms with Crippen LogP contribution >= 0.6 is 12.2 Å². The predicted octanol–water partition coefficient (Wildman–Crippen LogP) is -0.158. The van der Waals surface area contributed by atoms with Crippen LogP contribution in [-0.4, -0.2) is 40.9 Å². The zero-order chi connectivity index (χ0) is 12.7. The number of nitrogens with one attached hydrogen (secondary N) is 2. The van der Waals surface area contributed by atoms with Crippen LogP contribution in [-0.2, 0) is 9.59 Å². The number of nitriles is 1. The Morgan fingerprint density at radius 2 is 2.12 bits per heavy atom. The quantitative estimate of drug-likeness (QED) is 0.173. The van der Waals surface area contributed by atoms with Crippen molar-refractivity contribution in [2.75, 3.05) is 13.6 Å². The van der Waals surface area contributed by atoms with Crippen LogP contribution in [0.4, 0.5) is 0 Å². The predicted molar refractivity (Wildman–Crippen MR) is 62.0 cm³/mol. The van der Waals surface area contributed by atoms with E-state index in [0.717, 1.165) is 4.90 Å². The molecular formula is C9H12N4O2S. The topological polar surface area (TPSA) is 97.1 Å². The van der Waals surface area contributed by atoms with Gasteiger partial charge < -0.3 is 5.32 Å². The summed E-state index contributed by atoms with van der Waals surface area (Å²) in [4.78, 5) is 23.0. The van der Waals surface area contributed by atoms with Gasteiger partial charge in [0.1, 0.15) is 0 Å². The van der Waals surface area contributed by atoms with Crippen molar-refractivity contribution in [1.29, 1.82) is 10.7 Å². The van der Waals surface area contributed by atoms with Crippen LogP contribution in [0.3, 0.4) is 0 Å². The molecule has 0 saturated carbocycles. The molecule has 0 spiro atoms. The number of rotatable bonds is 5. The number of hydrogen-bond acceptors (Lipinski definition) is 5. The van der Waals surface area contributed by atoms with E-state index in [-0.39, 0.29) is 23.8 Å². The zero-order valence-electron chi connectivity index (χ0n) is 9.03. The number of thiocarbonyl (C=S) groups is 1. The van der Waals surface area contributed by atoms with Crippen LogP contribution in [0.1, 0.15) is 13.3 Å². The molecule has 2 N–H and O–H groups in total. The van der Waals surface area contributed by atoms with Crippen molar-refractivity contribution < 1.29 is 9.59 Å². The molecule has 0 aliphatic heterocycles. The molecule has 0 aromatic carbocycles. The lowest BCUT2D eigenvalue weighted by atomic mass is 10.1. The van der Waals surface area contributed by atoms with E-state index in [1.54, 1.807) is 6.19 Å². The lowest BCUT2D eigenvalue weighted by Crippen LogP contribution is -2.38. The molecule has 0 aromatic rings. The smallest absolute Gasteiger partial charge is 0.204 e. The largest absolute Gasteiger partial charge is 0.359 e. The van der Waals surface area contributed by atoms with Gasteiger partial charge in [-0.05, 0) is 0 Å². The van der Waals surface area contributed by atoms with E-state index in [4.69, 9.17) is 22.9 Å². The molecule has 0 heterocycles. The van der Waals surface area contributed by atoms with Gasteiger partial charge in [-0.3, -0.25) is 15.0 Å². The number of hydrogen-bond donors (Lipinski definition) is 2. The van der Waals surface area contributed by atoms with Crippen molar-refractivity contribution in [1.82, 2.24) is 10.2 Å². The number of nitrogens with zero attached hydrogens (tertiary/aromatic N) is 2. The number of ketones is 2. The third-order valence-electron chi connectivity index (χ3n) is 1.71. The van der Waals surface area contributed by atoms with Gasteiger partial charge in [0.15, 0.2) is 12.0 Å². The fraction of sp³-hybridized carbons (Fsp3) is 0.444. The van der Waals surface area contributed by atoms with Crippen molar-refractivity contribution in [2.45, 2.75) is 13.3 Å². The number of carbonyl (C=O) groups excluding carboxylic acids is 2. The Morgan fingerprint density at radius 3 is 2.50 bits per heavy atom. The maximum Gasteiger partial charge on any atom is 0.204 e. The SMILES string of the molecule is CNC(=N)N(C#N)CC(=S)CC(=O)C(C)=O. The highest BCUT2D eigenvalue weighted by atomic mass is 32.1. The first-order valence-electron chi connectivity index (χ1n) is 4.41. The average molecular weight is 240 g/mol. The monoisotopic (exact) mass is 240 g/mol. The van der Waals surface area contributed by atoms with Crippen molar-refractivity contribution in [3.05, 3.63) is 0 Å². The van der Waals surface area contributed by atoms with Gasteiger partial charge in [0.2, 0.25) is 11.7 Å². The summed E-state index contributed by atoms with van der Waals surface area (Å²) in [7, 11) is 1.50. The molecule has 0 aliphatic carbocycles. The highest BCUT2D eigenvalue weighted by molar-refractivity contribution is 7.80. The second kappa shape index (κ2) is 6.63. The summed E-state index contributed by atoms with van der Waals surface area (Å²) in [6.45, 7) is 1.15. The molecule has 0 radical (unpaired) electrons. The molecule has 0 atom stereocenters. The lowest BCUT2D eigenvalue weighted by molar-refractivity contribution is -0.134. The highest BCUT2D eigenvalue weighted by Crippen LogP contribution is 1.95. The average Bonchev–Trinajstić information content (AvgIpc) is 2.24. The van der Waals surface area contributed by atoms with Gasteiger partial charge in [-0.15, -0.1) is 0 Å². The highest BCUT2D eigenvalue weighted by Gasteiger charge is 2.15. The summed E-state index contributed by atoms with van der Waals surface area (Å²) in [6.07, 6.45) is 1.58. The standard InChI is InChI=1S/C9H12N4O2S/c1-6(14)8(15)3-7(16)4-13(5-10)9(11)12-2/h3-4H2,1-2H3,(H2,11,12). The third-order valence-corrected chi connectivity index (χ3v) is 1.99. The van der Waals surface area contributed by atoms with E-state index >= 15 is 0 Å². The summed E-state index contributed by atoms with van der Waals surface area (Å²) in [5.74, 6) is -1.26. The van der Waals surface area contributed by atoms with E-state index in [2.05, 4.69) is 5.32 Å². The second-order valence-electron chi connectivity index (χ2n) is 2.98. The Bertz CT molecular complexity index is 372. The second-order valence-corrected chi connectivity index (χ2v) is 3.56. The van der Waals surface area contributed by atoms with Gasteiger partial charge >= 0.3 is 0 Å². The summed E-state index contributed by atoms with van der Waals surface area (Å²) >= 11 is 4.87. The van der Waals surface area contributed by atoms with Gasteiger partial charge in [0.25, 0.3) is 0 Å². The Kier molecular flexibility index (Phi) is 5.88. The third kappa shape index (κ3) is 4.61. The minimum atomic E-state index is -0.584. The molecule has 0 aliphatic rings. The van der Waals surface area contributed by atoms with Gasteiger partial charge in [0.05, 0.1) is 6.54 Å². The van der Waals surface area contributed by atoms with Crippen molar-refractivity contribution in [2.24, 2.45) is 0 Å². The van der Waals surface area contributed by atoms with Crippen molar-refractivity contribution in [3.8, 4) is 6.19 Å². The van der Waals surface area contributed by atoms with Gasteiger partial charge in [-0.2, -0.15) is 5.26 Å². The summed E-state index contributed by atoms with van der Waals surface area (Å²) in [5.41, 5.74) is 0. The minimum absolute atomic E-state index is 0.0233. The number of guanidine groups is 1. The Morgan fingerprint density at radius 1 is 1.56 bits per heavy atom. The number of Topliss-reactive ketones (excluding diaryl/α,β-unsaturated/α-hetero) is 2. The number of carbonyl (C=O) groups is 2.